The summed E-state index contributed by atoms with van der Waals surface area (Å²) in [6, 6.07) is 32.7. The molecule has 1 saturated heterocycles. The minimum absolute atomic E-state index is 0.0182. The van der Waals surface area contributed by atoms with Crippen molar-refractivity contribution in [2.75, 3.05) is 26.1 Å². The van der Waals surface area contributed by atoms with Crippen LogP contribution in [0.5, 0.6) is 11.5 Å². The molecule has 11 nitrogen and oxygen atoms in total. The fraction of sp³-hybridized carbons (Fsp3) is 0.211. The average molecular weight is 695 g/mol. The Hall–Kier alpha value is -5.75. The van der Waals surface area contributed by atoms with Gasteiger partial charge in [0.25, 0.3) is 5.91 Å². The van der Waals surface area contributed by atoms with E-state index in [1.807, 2.05) is 66.7 Å². The lowest BCUT2D eigenvalue weighted by atomic mass is 10.0. The molecule has 6 rings (SSSR count). The van der Waals surface area contributed by atoms with Crippen LogP contribution in [0.25, 0.3) is 0 Å². The molecule has 1 N–H and O–H groups in total. The molecular formula is C38H34N2O9S. The molecule has 12 heteroatoms. The number of carbonyl (C=O) groups is 4. The normalized spacial score (nSPS) is 18.1. The number of rotatable bonds is 13. The maximum absolute atomic E-state index is 14.1. The maximum Gasteiger partial charge on any atom is 0.356 e. The highest BCUT2D eigenvalue weighted by Crippen LogP contribution is 2.37. The molecule has 50 heavy (non-hydrogen) atoms. The van der Waals surface area contributed by atoms with Gasteiger partial charge in [-0.2, -0.15) is 0 Å². The van der Waals surface area contributed by atoms with Gasteiger partial charge in [-0.15, -0.1) is 0 Å². The largest absolute Gasteiger partial charge is 0.497 e. The Morgan fingerprint density at radius 2 is 1.42 bits per heavy atom. The molecule has 2 aliphatic rings. The van der Waals surface area contributed by atoms with Crippen LogP contribution in [0.3, 0.4) is 0 Å². The van der Waals surface area contributed by atoms with E-state index in [2.05, 4.69) is 5.32 Å². The highest BCUT2D eigenvalue weighted by Gasteiger charge is 2.57. The van der Waals surface area contributed by atoms with Crippen molar-refractivity contribution in [2.24, 2.45) is 0 Å². The lowest BCUT2D eigenvalue weighted by Crippen LogP contribution is -2.73. The zero-order valence-electron chi connectivity index (χ0n) is 27.1. The molecule has 0 aliphatic carbocycles. The Kier molecular flexibility index (Phi) is 10.7. The first-order valence-electron chi connectivity index (χ1n) is 15.8. The van der Waals surface area contributed by atoms with Crippen molar-refractivity contribution in [1.29, 1.82) is 0 Å². The summed E-state index contributed by atoms with van der Waals surface area (Å²) in [7, 11) is -0.221. The highest BCUT2D eigenvalue weighted by atomic mass is 32.2. The van der Waals surface area contributed by atoms with Crippen molar-refractivity contribution in [1.82, 2.24) is 10.2 Å². The number of amides is 2. The third kappa shape index (κ3) is 7.76. The average Bonchev–Trinajstić information content (AvgIpc) is 3.15. The van der Waals surface area contributed by atoms with Crippen molar-refractivity contribution < 1.29 is 42.3 Å². The van der Waals surface area contributed by atoms with Gasteiger partial charge in [-0.05, 0) is 41.0 Å². The van der Waals surface area contributed by atoms with Crippen molar-refractivity contribution in [3.05, 3.63) is 143 Å². The second-order valence-corrected chi connectivity index (χ2v) is 13.0. The molecule has 0 aromatic heterocycles. The lowest BCUT2D eigenvalue weighted by Gasteiger charge is -2.49. The molecule has 2 unspecified atom stereocenters. The lowest BCUT2D eigenvalue weighted by molar-refractivity contribution is -0.155. The predicted octanol–water partition coefficient (Wildman–Crippen LogP) is 3.86. The Morgan fingerprint density at radius 3 is 2.02 bits per heavy atom. The number of ether oxygens (including phenoxy) is 4. The minimum Gasteiger partial charge on any atom is -0.497 e. The van der Waals surface area contributed by atoms with E-state index in [-0.39, 0.29) is 23.4 Å². The van der Waals surface area contributed by atoms with Crippen LogP contribution in [0, 0.1) is 0 Å². The summed E-state index contributed by atoms with van der Waals surface area (Å²) in [6.45, 7) is -0.878. The van der Waals surface area contributed by atoms with Gasteiger partial charge in [-0.3, -0.25) is 18.7 Å². The van der Waals surface area contributed by atoms with Gasteiger partial charge in [0.2, 0.25) is 5.91 Å². The minimum atomic E-state index is -1.75. The zero-order valence-corrected chi connectivity index (χ0v) is 27.9. The van der Waals surface area contributed by atoms with E-state index in [0.29, 0.717) is 22.6 Å². The predicted molar refractivity (Wildman–Crippen MR) is 183 cm³/mol. The van der Waals surface area contributed by atoms with Gasteiger partial charge in [0, 0.05) is 5.57 Å². The monoisotopic (exact) mass is 694 g/mol. The number of benzene rings is 4. The first kappa shape index (κ1) is 34.1. The van der Waals surface area contributed by atoms with Crippen molar-refractivity contribution in [3.8, 4) is 11.5 Å². The number of β-lactam (4-membered cyclic amide) rings is 1. The number of esters is 2. The smallest absolute Gasteiger partial charge is 0.356 e. The van der Waals surface area contributed by atoms with E-state index in [1.165, 1.54) is 7.11 Å². The van der Waals surface area contributed by atoms with E-state index < -0.39 is 65.3 Å². The second kappa shape index (κ2) is 15.6. The summed E-state index contributed by atoms with van der Waals surface area (Å²) < 4.78 is 35.8. The van der Waals surface area contributed by atoms with E-state index >= 15 is 0 Å². The summed E-state index contributed by atoms with van der Waals surface area (Å²) in [5.74, 6) is -1.84. The zero-order chi connectivity index (χ0) is 35.0. The molecule has 4 aromatic carbocycles. The first-order chi connectivity index (χ1) is 24.3. The third-order valence-electron chi connectivity index (χ3n) is 8.18. The second-order valence-electron chi connectivity index (χ2n) is 11.5. The van der Waals surface area contributed by atoms with Gasteiger partial charge in [0.1, 0.15) is 35.2 Å². The van der Waals surface area contributed by atoms with E-state index in [4.69, 9.17) is 18.9 Å². The molecule has 0 saturated carbocycles. The summed E-state index contributed by atoms with van der Waals surface area (Å²) >= 11 is 0. The molecular weight excluding hydrogens is 660 g/mol. The molecule has 0 spiro atoms. The summed E-state index contributed by atoms with van der Waals surface area (Å²) in [5, 5.41) is 1.67. The van der Waals surface area contributed by atoms with Crippen LogP contribution in [-0.4, -0.2) is 70.4 Å². The Bertz CT molecular complexity index is 1860. The Balaban J connectivity index is 1.24. The molecule has 3 atom stereocenters. The van der Waals surface area contributed by atoms with Gasteiger partial charge in [0.05, 0.1) is 30.1 Å². The van der Waals surface area contributed by atoms with Crippen molar-refractivity contribution in [2.45, 2.75) is 23.9 Å². The van der Waals surface area contributed by atoms with Crippen LogP contribution in [0.15, 0.2) is 127 Å². The number of nitrogens with one attached hydrogen (secondary N) is 1. The highest BCUT2D eigenvalue weighted by molar-refractivity contribution is 7.86. The molecule has 2 amide bonds. The Morgan fingerprint density at radius 1 is 0.840 bits per heavy atom. The standard InChI is InChI=1S/C38H34N2O9S/c1-46-29-17-19-30(20-18-29)47-23-32(42)48-22-28-24-50(45)37-33(39-31(41)21-25-11-5-2-6-12-25)36(43)40(37)34(28)38(44)49-35(26-13-7-3-8-14-26)27-15-9-4-10-16-27/h2-20,33,35,37H,21-24H2,1H3,(H,39,41)/t33?,37-,50?/m0/s1. The van der Waals surface area contributed by atoms with E-state index in [0.717, 1.165) is 10.5 Å². The van der Waals surface area contributed by atoms with Gasteiger partial charge >= 0.3 is 11.9 Å². The fourth-order valence-electron chi connectivity index (χ4n) is 5.73. The van der Waals surface area contributed by atoms with Crippen molar-refractivity contribution >= 4 is 34.6 Å². The van der Waals surface area contributed by atoms with E-state index in [9.17, 15) is 23.4 Å². The van der Waals surface area contributed by atoms with Crippen LogP contribution < -0.4 is 14.8 Å². The molecule has 0 bridgehead atoms. The van der Waals surface area contributed by atoms with Crippen LogP contribution in [-0.2, 0) is 45.9 Å². The number of nitrogens with zero attached hydrogens (tertiary/aromatic N) is 1. The molecule has 1 fully saturated rings. The quantitative estimate of drug-likeness (QED) is 0.163. The van der Waals surface area contributed by atoms with E-state index in [1.54, 1.807) is 48.5 Å². The number of methoxy groups -OCH3 is 1. The van der Waals surface area contributed by atoms with Crippen LogP contribution in [0.2, 0.25) is 0 Å². The fourth-order valence-corrected chi connectivity index (χ4v) is 7.40. The topological polar surface area (TPSA) is 138 Å². The summed E-state index contributed by atoms with van der Waals surface area (Å²) in [6.07, 6.45) is -0.827. The first-order valence-corrected chi connectivity index (χ1v) is 17.2. The van der Waals surface area contributed by atoms with Gasteiger partial charge in [0.15, 0.2) is 12.7 Å². The maximum atomic E-state index is 14.1. The van der Waals surface area contributed by atoms with Gasteiger partial charge < -0.3 is 24.3 Å². The third-order valence-corrected chi connectivity index (χ3v) is 9.83. The number of fused-ring (bicyclic) bond motifs is 1. The Labute approximate surface area is 291 Å². The van der Waals surface area contributed by atoms with Crippen molar-refractivity contribution in [3.63, 3.8) is 0 Å². The number of hydrogen-bond donors (Lipinski definition) is 1. The molecule has 2 heterocycles. The number of hydrogen-bond acceptors (Lipinski definition) is 9. The SMILES string of the molecule is COc1ccc(OCC(=O)OCC2=C(C(=O)OC(c3ccccc3)c3ccccc3)N3C(=O)C(NC(=O)Cc4ccccc4)[C@@H]3S(=O)C2)cc1. The molecule has 256 valence electrons. The van der Waals surface area contributed by atoms with Gasteiger partial charge in [-0.25, -0.2) is 9.59 Å². The van der Waals surface area contributed by atoms with Crippen LogP contribution in [0.4, 0.5) is 0 Å². The summed E-state index contributed by atoms with van der Waals surface area (Å²) in [4.78, 5) is 54.5. The summed E-state index contributed by atoms with van der Waals surface area (Å²) in [5.41, 5.74) is 2.09. The van der Waals surface area contributed by atoms with Crippen LogP contribution in [0.1, 0.15) is 22.8 Å². The van der Waals surface area contributed by atoms with Gasteiger partial charge in [-0.1, -0.05) is 91.0 Å². The molecule has 0 radical (unpaired) electrons. The number of carbonyl (C=O) groups excluding carboxylic acids is 4. The molecule has 2 aliphatic heterocycles. The van der Waals surface area contributed by atoms with Crippen LogP contribution >= 0.6 is 0 Å². The molecule has 4 aromatic rings.